The van der Waals surface area contributed by atoms with Crippen LogP contribution in [0.25, 0.3) is 0 Å². The number of halogens is 1. The van der Waals surface area contributed by atoms with E-state index in [9.17, 15) is 4.79 Å². The quantitative estimate of drug-likeness (QED) is 0.653. The number of rotatable bonds is 9. The first-order valence-electron chi connectivity index (χ1n) is 9.21. The highest BCUT2D eigenvalue weighted by Crippen LogP contribution is 2.08. The molecule has 1 amide bonds. The minimum absolute atomic E-state index is 0. The lowest BCUT2D eigenvalue weighted by atomic mass is 10.1. The smallest absolute Gasteiger partial charge is 0.236 e. The third-order valence-corrected chi connectivity index (χ3v) is 4.60. The van der Waals surface area contributed by atoms with Gasteiger partial charge in [0.15, 0.2) is 0 Å². The number of nitrogens with zero attached hydrogens (tertiary/aromatic N) is 2. The average Bonchev–Trinajstić information content (AvgIpc) is 2.61. The van der Waals surface area contributed by atoms with E-state index in [0.29, 0.717) is 0 Å². The van der Waals surface area contributed by atoms with Crippen molar-refractivity contribution in [2.75, 3.05) is 39.3 Å². The predicted octanol–water partition coefficient (Wildman–Crippen LogP) is 1.86. The van der Waals surface area contributed by atoms with Crippen LogP contribution in [0.2, 0.25) is 0 Å². The Morgan fingerprint density at radius 3 is 2.44 bits per heavy atom. The van der Waals surface area contributed by atoms with Crippen LogP contribution in [0.1, 0.15) is 31.7 Å². The van der Waals surface area contributed by atoms with E-state index < -0.39 is 0 Å². The fourth-order valence-electron chi connectivity index (χ4n) is 3.10. The Morgan fingerprint density at radius 1 is 1.16 bits per heavy atom. The van der Waals surface area contributed by atoms with Crippen LogP contribution in [-0.2, 0) is 11.3 Å². The molecule has 1 saturated heterocycles. The second-order valence-corrected chi connectivity index (χ2v) is 6.64. The summed E-state index contributed by atoms with van der Waals surface area (Å²) in [7, 11) is 0. The van der Waals surface area contributed by atoms with Crippen LogP contribution in [0.3, 0.4) is 0 Å². The first-order valence-corrected chi connectivity index (χ1v) is 9.21. The van der Waals surface area contributed by atoms with E-state index >= 15 is 0 Å². The van der Waals surface area contributed by atoms with Gasteiger partial charge < -0.3 is 16.0 Å². The maximum Gasteiger partial charge on any atom is 0.236 e. The van der Waals surface area contributed by atoms with Crippen molar-refractivity contribution >= 4 is 18.3 Å². The van der Waals surface area contributed by atoms with Crippen LogP contribution < -0.4 is 11.1 Å². The van der Waals surface area contributed by atoms with Crippen molar-refractivity contribution in [3.63, 3.8) is 0 Å². The van der Waals surface area contributed by atoms with Crippen LogP contribution in [0.5, 0.6) is 0 Å². The molecule has 6 heteroatoms. The Morgan fingerprint density at radius 2 is 1.80 bits per heavy atom. The Labute approximate surface area is 158 Å². The normalized spacial score (nSPS) is 16.9. The summed E-state index contributed by atoms with van der Waals surface area (Å²) < 4.78 is 0. The molecule has 0 radical (unpaired) electrons. The molecule has 1 atom stereocenters. The van der Waals surface area contributed by atoms with Crippen molar-refractivity contribution in [2.45, 2.75) is 38.8 Å². The van der Waals surface area contributed by atoms with Gasteiger partial charge in [-0.1, -0.05) is 43.7 Å². The largest absolute Gasteiger partial charge is 0.355 e. The predicted molar refractivity (Wildman–Crippen MR) is 106 cm³/mol. The second-order valence-electron chi connectivity index (χ2n) is 6.64. The fraction of sp³-hybridized carbons (Fsp3) is 0.632. The van der Waals surface area contributed by atoms with Gasteiger partial charge in [0.2, 0.25) is 5.91 Å². The number of nitrogens with one attached hydrogen (secondary N) is 1. The summed E-state index contributed by atoms with van der Waals surface area (Å²) in [6.07, 6.45) is 2.69. The molecule has 2 rings (SSSR count). The first kappa shape index (κ1) is 21.9. The minimum atomic E-state index is -0.350. The summed E-state index contributed by atoms with van der Waals surface area (Å²) in [5, 5.41) is 2.95. The monoisotopic (exact) mass is 368 g/mol. The van der Waals surface area contributed by atoms with Crippen LogP contribution in [0, 0.1) is 0 Å². The van der Waals surface area contributed by atoms with Gasteiger partial charge in [0.05, 0.1) is 6.04 Å². The zero-order valence-corrected chi connectivity index (χ0v) is 16.1. The first-order chi connectivity index (χ1) is 11.7. The summed E-state index contributed by atoms with van der Waals surface area (Å²) in [5.41, 5.74) is 7.19. The number of piperazine rings is 1. The minimum Gasteiger partial charge on any atom is -0.355 e. The molecule has 5 nitrogen and oxygen atoms in total. The van der Waals surface area contributed by atoms with Crippen molar-refractivity contribution in [3.8, 4) is 0 Å². The number of benzene rings is 1. The lowest BCUT2D eigenvalue weighted by Crippen LogP contribution is -2.47. The second kappa shape index (κ2) is 12.3. The summed E-state index contributed by atoms with van der Waals surface area (Å²) in [5.74, 6) is -0.00969. The maximum absolute atomic E-state index is 11.7. The Hall–Kier alpha value is -1.14. The molecular formula is C19H33ClN4O. The van der Waals surface area contributed by atoms with Crippen LogP contribution in [0.15, 0.2) is 30.3 Å². The third-order valence-electron chi connectivity index (χ3n) is 4.60. The highest BCUT2D eigenvalue weighted by Gasteiger charge is 2.17. The Kier molecular flexibility index (Phi) is 10.7. The van der Waals surface area contributed by atoms with Gasteiger partial charge in [-0.25, -0.2) is 0 Å². The van der Waals surface area contributed by atoms with E-state index in [4.69, 9.17) is 5.73 Å². The van der Waals surface area contributed by atoms with Crippen molar-refractivity contribution in [3.05, 3.63) is 35.9 Å². The number of hydrogen-bond donors (Lipinski definition) is 2. The highest BCUT2D eigenvalue weighted by atomic mass is 35.5. The van der Waals surface area contributed by atoms with Crippen LogP contribution in [-0.4, -0.2) is 61.0 Å². The summed E-state index contributed by atoms with van der Waals surface area (Å²) >= 11 is 0. The van der Waals surface area contributed by atoms with Gasteiger partial charge in [0.25, 0.3) is 0 Å². The highest BCUT2D eigenvalue weighted by molar-refractivity contribution is 5.85. The molecular weight excluding hydrogens is 336 g/mol. The molecule has 1 aliphatic rings. The number of carbonyl (C=O) groups is 1. The van der Waals surface area contributed by atoms with Crippen molar-refractivity contribution in [2.24, 2.45) is 5.73 Å². The molecule has 1 aromatic rings. The number of carbonyl (C=O) groups excluding carboxylic acids is 1. The molecule has 1 aromatic carbocycles. The molecule has 0 aromatic heterocycles. The van der Waals surface area contributed by atoms with Gasteiger partial charge in [-0.15, -0.1) is 12.4 Å². The molecule has 1 heterocycles. The molecule has 25 heavy (non-hydrogen) atoms. The molecule has 142 valence electrons. The molecule has 3 N–H and O–H groups in total. The molecule has 1 aliphatic heterocycles. The zero-order valence-electron chi connectivity index (χ0n) is 15.3. The van der Waals surface area contributed by atoms with E-state index in [1.807, 2.05) is 6.92 Å². The average molecular weight is 369 g/mol. The van der Waals surface area contributed by atoms with E-state index in [0.717, 1.165) is 65.1 Å². The Bertz CT molecular complexity index is 478. The molecule has 1 fully saturated rings. The molecule has 0 spiro atoms. The summed E-state index contributed by atoms with van der Waals surface area (Å²) in [6, 6.07) is 10.3. The molecule has 0 bridgehead atoms. The van der Waals surface area contributed by atoms with Crippen molar-refractivity contribution in [1.82, 2.24) is 15.1 Å². The maximum atomic E-state index is 11.7. The third kappa shape index (κ3) is 8.19. The van der Waals surface area contributed by atoms with Crippen molar-refractivity contribution in [1.29, 1.82) is 0 Å². The molecule has 1 unspecified atom stereocenters. The standard InChI is InChI=1S/C19H32N4O.ClH/c1-2-7-18(20)19(24)21-10-6-11-22-12-14-23(15-13-22)16-17-8-4-3-5-9-17;/h3-5,8-9,18H,2,6-7,10-16,20H2,1H3,(H,21,24);1H. The van der Waals surface area contributed by atoms with Gasteiger partial charge in [0, 0.05) is 39.3 Å². The van der Waals surface area contributed by atoms with Gasteiger partial charge in [-0.3, -0.25) is 9.69 Å². The van der Waals surface area contributed by atoms with Gasteiger partial charge in [-0.05, 0) is 24.9 Å². The summed E-state index contributed by atoms with van der Waals surface area (Å²) in [4.78, 5) is 16.7. The lowest BCUT2D eigenvalue weighted by molar-refractivity contribution is -0.122. The van der Waals surface area contributed by atoms with Gasteiger partial charge in [-0.2, -0.15) is 0 Å². The lowest BCUT2D eigenvalue weighted by Gasteiger charge is -2.34. The van der Waals surface area contributed by atoms with Crippen LogP contribution >= 0.6 is 12.4 Å². The Balaban J connectivity index is 0.00000312. The van der Waals surface area contributed by atoms with E-state index in [1.165, 1.54) is 5.56 Å². The van der Waals surface area contributed by atoms with Crippen molar-refractivity contribution < 1.29 is 4.79 Å². The van der Waals surface area contributed by atoms with Gasteiger partial charge >= 0.3 is 0 Å². The van der Waals surface area contributed by atoms with Gasteiger partial charge in [0.1, 0.15) is 0 Å². The zero-order chi connectivity index (χ0) is 17.2. The van der Waals surface area contributed by atoms with E-state index in [-0.39, 0.29) is 24.4 Å². The van der Waals surface area contributed by atoms with E-state index in [1.54, 1.807) is 0 Å². The molecule has 0 aliphatic carbocycles. The topological polar surface area (TPSA) is 61.6 Å². The number of amides is 1. The number of nitrogens with two attached hydrogens (primary N) is 1. The number of hydrogen-bond acceptors (Lipinski definition) is 4. The summed E-state index contributed by atoms with van der Waals surface area (Å²) in [6.45, 7) is 9.30. The van der Waals surface area contributed by atoms with E-state index in [2.05, 4.69) is 45.4 Å². The van der Waals surface area contributed by atoms with Crippen LogP contribution in [0.4, 0.5) is 0 Å². The SMILES string of the molecule is CCCC(N)C(=O)NCCCN1CCN(Cc2ccccc2)CC1.Cl. The fourth-order valence-corrected chi connectivity index (χ4v) is 3.10. The molecule has 0 saturated carbocycles.